The Balaban J connectivity index is 0.00000484. The number of sulfone groups is 1. The van der Waals surface area contributed by atoms with Crippen LogP contribution in [0.4, 0.5) is 0 Å². The van der Waals surface area contributed by atoms with Crippen molar-refractivity contribution >= 4 is 39.8 Å². The van der Waals surface area contributed by atoms with E-state index in [1.807, 2.05) is 0 Å². The fourth-order valence-electron chi connectivity index (χ4n) is 1.63. The quantitative estimate of drug-likeness (QED) is 0.705. The van der Waals surface area contributed by atoms with Gasteiger partial charge < -0.3 is 15.8 Å². The second kappa shape index (κ2) is 9.97. The lowest BCUT2D eigenvalue weighted by Crippen LogP contribution is -2.44. The molecule has 3 N–H and O–H groups in total. The van der Waals surface area contributed by atoms with Crippen LogP contribution < -0.4 is 15.8 Å². The molecule has 9 heteroatoms. The number of ether oxygens (including phenoxy) is 1. The van der Waals surface area contributed by atoms with Crippen molar-refractivity contribution in [1.82, 2.24) is 5.32 Å². The van der Waals surface area contributed by atoms with E-state index in [0.29, 0.717) is 10.8 Å². The molecule has 0 aromatic heterocycles. The van der Waals surface area contributed by atoms with Crippen molar-refractivity contribution < 1.29 is 17.9 Å². The highest BCUT2D eigenvalue weighted by molar-refractivity contribution is 7.90. The summed E-state index contributed by atoms with van der Waals surface area (Å²) in [6, 6.07) is 6.04. The zero-order chi connectivity index (χ0) is 16.8. The van der Waals surface area contributed by atoms with E-state index >= 15 is 0 Å². The molecular formula is C14H22Cl2N2O4S. The van der Waals surface area contributed by atoms with Crippen LogP contribution in [0.15, 0.2) is 24.3 Å². The molecule has 0 aliphatic carbocycles. The number of hydrogen-bond acceptors (Lipinski definition) is 5. The summed E-state index contributed by atoms with van der Waals surface area (Å²) >= 11 is 5.78. The van der Waals surface area contributed by atoms with Crippen molar-refractivity contribution in [2.24, 2.45) is 5.73 Å². The van der Waals surface area contributed by atoms with Gasteiger partial charge in [-0.25, -0.2) is 8.42 Å². The van der Waals surface area contributed by atoms with Gasteiger partial charge in [-0.1, -0.05) is 11.6 Å². The number of nitrogens with two attached hydrogens (primary N) is 1. The third kappa shape index (κ3) is 9.65. The summed E-state index contributed by atoms with van der Waals surface area (Å²) in [4.78, 5) is 11.8. The zero-order valence-electron chi connectivity index (χ0n) is 13.0. The maximum atomic E-state index is 11.8. The van der Waals surface area contributed by atoms with Crippen molar-refractivity contribution in [3.05, 3.63) is 29.3 Å². The van der Waals surface area contributed by atoms with E-state index in [1.165, 1.54) is 0 Å². The van der Waals surface area contributed by atoms with E-state index in [0.717, 1.165) is 6.26 Å². The molecule has 0 saturated carbocycles. The van der Waals surface area contributed by atoms with E-state index in [9.17, 15) is 13.2 Å². The summed E-state index contributed by atoms with van der Waals surface area (Å²) in [6.07, 6.45) is 0.948. The molecule has 23 heavy (non-hydrogen) atoms. The van der Waals surface area contributed by atoms with Crippen LogP contribution in [0.25, 0.3) is 0 Å². The highest BCUT2D eigenvalue weighted by atomic mass is 35.5. The van der Waals surface area contributed by atoms with Gasteiger partial charge in [0, 0.05) is 11.3 Å². The van der Waals surface area contributed by atoms with Crippen LogP contribution in [0.5, 0.6) is 5.75 Å². The molecule has 0 bridgehead atoms. The Labute approximate surface area is 148 Å². The number of nitrogens with one attached hydrogen (secondary N) is 1. The monoisotopic (exact) mass is 384 g/mol. The smallest absolute Gasteiger partial charge is 0.237 e. The van der Waals surface area contributed by atoms with Gasteiger partial charge in [0.2, 0.25) is 5.91 Å². The Kier molecular flexibility index (Phi) is 9.53. The molecular weight excluding hydrogens is 363 g/mol. The molecule has 6 nitrogen and oxygen atoms in total. The number of amides is 1. The molecule has 0 saturated heterocycles. The molecule has 132 valence electrons. The van der Waals surface area contributed by atoms with Crippen molar-refractivity contribution in [1.29, 1.82) is 0 Å². The number of benzene rings is 1. The maximum absolute atomic E-state index is 11.8. The van der Waals surface area contributed by atoms with E-state index in [-0.39, 0.29) is 37.2 Å². The fraction of sp³-hybridized carbons (Fsp3) is 0.500. The first kappa shape index (κ1) is 22.0. The second-order valence-electron chi connectivity index (χ2n) is 5.15. The molecule has 1 amide bonds. The number of halogens is 2. The predicted octanol–water partition coefficient (Wildman–Crippen LogP) is 1.41. The summed E-state index contributed by atoms with van der Waals surface area (Å²) in [7, 11) is -3.12. The Morgan fingerprint density at radius 1 is 1.35 bits per heavy atom. The van der Waals surface area contributed by atoms with Crippen LogP contribution in [-0.2, 0) is 14.6 Å². The average Bonchev–Trinajstić information content (AvgIpc) is 2.44. The van der Waals surface area contributed by atoms with Gasteiger partial charge >= 0.3 is 0 Å². The molecule has 0 spiro atoms. The molecule has 0 heterocycles. The summed E-state index contributed by atoms with van der Waals surface area (Å²) < 4.78 is 27.7. The highest BCUT2D eigenvalue weighted by Gasteiger charge is 2.16. The van der Waals surface area contributed by atoms with Gasteiger partial charge in [0.05, 0.1) is 18.3 Å². The van der Waals surface area contributed by atoms with Gasteiger partial charge in [-0.15, -0.1) is 12.4 Å². The lowest BCUT2D eigenvalue weighted by Gasteiger charge is -2.17. The van der Waals surface area contributed by atoms with Crippen molar-refractivity contribution in [3.63, 3.8) is 0 Å². The van der Waals surface area contributed by atoms with Crippen LogP contribution in [0.1, 0.15) is 13.3 Å². The normalized spacial score (nSPS) is 13.6. The first-order valence-corrected chi connectivity index (χ1v) is 9.24. The summed E-state index contributed by atoms with van der Waals surface area (Å²) in [5.74, 6) is 0.140. The minimum Gasteiger partial charge on any atom is -0.489 e. The summed E-state index contributed by atoms with van der Waals surface area (Å²) in [5, 5.41) is 3.26. The van der Waals surface area contributed by atoms with Gasteiger partial charge in [-0.2, -0.15) is 0 Å². The zero-order valence-corrected chi connectivity index (χ0v) is 15.4. The first-order chi connectivity index (χ1) is 10.2. The molecule has 2 unspecified atom stereocenters. The second-order valence-corrected chi connectivity index (χ2v) is 7.85. The molecule has 1 aromatic rings. The van der Waals surface area contributed by atoms with Crippen LogP contribution in [0.3, 0.4) is 0 Å². The summed E-state index contributed by atoms with van der Waals surface area (Å²) in [6.45, 7) is 2.07. The summed E-state index contributed by atoms with van der Waals surface area (Å²) in [5.41, 5.74) is 5.65. The standard InChI is InChI=1S/C14H21ClN2O4S.ClH/c1-10(21-12-5-3-11(15)4-6-12)9-17-14(18)13(16)7-8-22(2,19)20;/h3-6,10,13H,7-9,16H2,1-2H3,(H,17,18);1H. The molecule has 0 radical (unpaired) electrons. The van der Waals surface area contributed by atoms with Gasteiger partial charge in [-0.05, 0) is 37.6 Å². The molecule has 1 aromatic carbocycles. The number of hydrogen-bond donors (Lipinski definition) is 2. The first-order valence-electron chi connectivity index (χ1n) is 6.80. The molecule has 0 fully saturated rings. The number of carbonyl (C=O) groups is 1. The molecule has 1 rings (SSSR count). The highest BCUT2D eigenvalue weighted by Crippen LogP contribution is 2.16. The van der Waals surface area contributed by atoms with Crippen molar-refractivity contribution in [2.75, 3.05) is 18.6 Å². The topological polar surface area (TPSA) is 98.5 Å². The Morgan fingerprint density at radius 2 is 1.91 bits per heavy atom. The van der Waals surface area contributed by atoms with Crippen LogP contribution >= 0.6 is 24.0 Å². The molecule has 0 aliphatic rings. The Morgan fingerprint density at radius 3 is 2.43 bits per heavy atom. The lowest BCUT2D eigenvalue weighted by atomic mass is 10.2. The maximum Gasteiger partial charge on any atom is 0.237 e. The van der Waals surface area contributed by atoms with E-state index < -0.39 is 21.8 Å². The van der Waals surface area contributed by atoms with E-state index in [2.05, 4.69) is 5.32 Å². The third-order valence-corrected chi connectivity index (χ3v) is 4.08. The van der Waals surface area contributed by atoms with Crippen molar-refractivity contribution in [2.45, 2.75) is 25.5 Å². The Bertz CT molecular complexity index is 593. The SMILES string of the molecule is CC(CNC(=O)C(N)CCS(C)(=O)=O)Oc1ccc(Cl)cc1.Cl. The van der Waals surface area contributed by atoms with Crippen molar-refractivity contribution in [3.8, 4) is 5.75 Å². The molecule has 0 aliphatic heterocycles. The van der Waals surface area contributed by atoms with Crippen LogP contribution in [0.2, 0.25) is 5.02 Å². The van der Waals surface area contributed by atoms with E-state index in [1.54, 1.807) is 31.2 Å². The Hall–Kier alpha value is -1.02. The molecule has 2 atom stereocenters. The largest absolute Gasteiger partial charge is 0.489 e. The van der Waals surface area contributed by atoms with Crippen LogP contribution in [0, 0.1) is 0 Å². The minimum absolute atomic E-state index is 0. The van der Waals surface area contributed by atoms with Crippen LogP contribution in [-0.4, -0.2) is 45.0 Å². The van der Waals surface area contributed by atoms with Gasteiger partial charge in [0.1, 0.15) is 21.7 Å². The lowest BCUT2D eigenvalue weighted by molar-refractivity contribution is -0.122. The fourth-order valence-corrected chi connectivity index (χ4v) is 2.44. The van der Waals surface area contributed by atoms with Gasteiger partial charge in [0.15, 0.2) is 0 Å². The number of rotatable bonds is 8. The van der Waals surface area contributed by atoms with Gasteiger partial charge in [0.25, 0.3) is 0 Å². The van der Waals surface area contributed by atoms with E-state index in [4.69, 9.17) is 22.1 Å². The number of carbonyl (C=O) groups excluding carboxylic acids is 1. The average molecular weight is 385 g/mol. The third-order valence-electron chi connectivity index (χ3n) is 2.85. The van der Waals surface area contributed by atoms with Gasteiger partial charge in [-0.3, -0.25) is 4.79 Å². The minimum atomic E-state index is -3.12. The predicted molar refractivity (Wildman–Crippen MR) is 94.1 cm³/mol.